The third kappa shape index (κ3) is 3.37. The Labute approximate surface area is 176 Å². The highest BCUT2D eigenvalue weighted by Gasteiger charge is 2.64. The van der Waals surface area contributed by atoms with Gasteiger partial charge in [0.25, 0.3) is 0 Å². The number of carboxylic acids is 1. The molecular formula is C25H42O4. The predicted octanol–water partition coefficient (Wildman–Crippen LogP) is 4.87. The van der Waals surface area contributed by atoms with Crippen molar-refractivity contribution in [2.75, 3.05) is 0 Å². The number of carboxylic acid groups (broad SMARTS) is 1. The summed E-state index contributed by atoms with van der Waals surface area (Å²) >= 11 is 0. The van der Waals surface area contributed by atoms with Gasteiger partial charge in [-0.15, -0.1) is 0 Å². The third-order valence-corrected chi connectivity index (χ3v) is 10.5. The number of aliphatic carboxylic acids is 1. The van der Waals surface area contributed by atoms with Gasteiger partial charge in [-0.05, 0) is 104 Å². The molecule has 10 atom stereocenters. The zero-order valence-corrected chi connectivity index (χ0v) is 18.6. The number of hydrogen-bond acceptors (Lipinski definition) is 3. The zero-order chi connectivity index (χ0) is 21.0. The lowest BCUT2D eigenvalue weighted by atomic mass is 9.41. The second-order valence-corrected chi connectivity index (χ2v) is 11.5. The maximum Gasteiger partial charge on any atom is 0.303 e. The quantitative estimate of drug-likeness (QED) is 0.609. The van der Waals surface area contributed by atoms with E-state index < -0.39 is 5.97 Å². The molecule has 4 rings (SSSR count). The first-order chi connectivity index (χ1) is 13.7. The normalized spacial score (nSPS) is 51.8. The van der Waals surface area contributed by atoms with E-state index in [2.05, 4.69) is 20.8 Å². The first kappa shape index (κ1) is 21.6. The average molecular weight is 407 g/mol. The van der Waals surface area contributed by atoms with Crippen LogP contribution in [0.5, 0.6) is 0 Å². The lowest BCUT2D eigenvalue weighted by molar-refractivity contribution is -0.202. The summed E-state index contributed by atoms with van der Waals surface area (Å²) in [6.45, 7) is 7.16. The van der Waals surface area contributed by atoms with Crippen molar-refractivity contribution in [3.05, 3.63) is 0 Å². The zero-order valence-electron chi connectivity index (χ0n) is 18.6. The van der Waals surface area contributed by atoms with Crippen LogP contribution in [0.4, 0.5) is 0 Å². The maximum absolute atomic E-state index is 11.6. The number of carbonyl (C=O) groups is 1. The summed E-state index contributed by atoms with van der Waals surface area (Å²) in [5, 5.41) is 31.1. The van der Waals surface area contributed by atoms with Gasteiger partial charge in [0.15, 0.2) is 0 Å². The number of rotatable bonds is 5. The highest BCUT2D eigenvalue weighted by Crippen LogP contribution is 2.69. The van der Waals surface area contributed by atoms with Crippen molar-refractivity contribution >= 4 is 5.97 Å². The monoisotopic (exact) mass is 406 g/mol. The molecule has 0 aromatic rings. The number of aliphatic hydroxyl groups is 2. The minimum absolute atomic E-state index is 0.190. The molecule has 0 heterocycles. The van der Waals surface area contributed by atoms with Gasteiger partial charge in [0.2, 0.25) is 0 Å². The number of aliphatic hydroxyl groups excluding tert-OH is 2. The van der Waals surface area contributed by atoms with Crippen molar-refractivity contribution in [1.82, 2.24) is 0 Å². The summed E-state index contributed by atoms with van der Waals surface area (Å²) in [4.78, 5) is 11.0. The molecule has 0 radical (unpaired) electrons. The molecule has 4 aliphatic rings. The summed E-state index contributed by atoms with van der Waals surface area (Å²) in [7, 11) is 0. The SMILES string of the molecule is CC[C@H]1[C@@H](O)C2C3CC[C@H](CCCC(=O)O)[C@@]3(C)CCC2[C@@]2(C)CC[C@@H](O)C[C@@H]12. The molecule has 0 bridgehead atoms. The van der Waals surface area contributed by atoms with Gasteiger partial charge >= 0.3 is 5.97 Å². The van der Waals surface area contributed by atoms with Crippen LogP contribution in [0, 0.1) is 46.3 Å². The van der Waals surface area contributed by atoms with E-state index in [-0.39, 0.29) is 29.5 Å². The Kier molecular flexibility index (Phi) is 5.83. The topological polar surface area (TPSA) is 77.8 Å². The Morgan fingerprint density at radius 3 is 2.34 bits per heavy atom. The van der Waals surface area contributed by atoms with E-state index in [4.69, 9.17) is 5.11 Å². The highest BCUT2D eigenvalue weighted by atomic mass is 16.4. The Morgan fingerprint density at radius 1 is 0.966 bits per heavy atom. The third-order valence-electron chi connectivity index (χ3n) is 10.5. The molecule has 4 heteroatoms. The van der Waals surface area contributed by atoms with E-state index in [9.17, 15) is 15.0 Å². The van der Waals surface area contributed by atoms with E-state index in [1.54, 1.807) is 0 Å². The second-order valence-electron chi connectivity index (χ2n) is 11.5. The molecule has 166 valence electrons. The predicted molar refractivity (Wildman–Crippen MR) is 113 cm³/mol. The van der Waals surface area contributed by atoms with Gasteiger partial charge in [-0.1, -0.05) is 27.2 Å². The lowest BCUT2D eigenvalue weighted by Crippen LogP contribution is -2.62. The molecule has 0 saturated heterocycles. The van der Waals surface area contributed by atoms with Gasteiger partial charge in [-0.2, -0.15) is 0 Å². The van der Waals surface area contributed by atoms with Gasteiger partial charge in [-0.25, -0.2) is 0 Å². The van der Waals surface area contributed by atoms with Crippen LogP contribution in [-0.2, 0) is 4.79 Å². The minimum atomic E-state index is -0.680. The molecular weight excluding hydrogens is 364 g/mol. The van der Waals surface area contributed by atoms with Crippen LogP contribution >= 0.6 is 0 Å². The molecule has 0 aliphatic heterocycles. The summed E-state index contributed by atoms with van der Waals surface area (Å²) < 4.78 is 0. The molecule has 0 aromatic heterocycles. The molecule has 0 amide bonds. The fourth-order valence-corrected chi connectivity index (χ4v) is 9.04. The van der Waals surface area contributed by atoms with E-state index in [0.29, 0.717) is 35.5 Å². The fourth-order valence-electron chi connectivity index (χ4n) is 9.04. The Hall–Kier alpha value is -0.610. The smallest absolute Gasteiger partial charge is 0.303 e. The first-order valence-electron chi connectivity index (χ1n) is 12.3. The van der Waals surface area contributed by atoms with Gasteiger partial charge in [0.1, 0.15) is 0 Å². The van der Waals surface area contributed by atoms with Crippen LogP contribution in [0.15, 0.2) is 0 Å². The second kappa shape index (κ2) is 7.82. The van der Waals surface area contributed by atoms with Crippen molar-refractivity contribution in [2.24, 2.45) is 46.3 Å². The van der Waals surface area contributed by atoms with Crippen molar-refractivity contribution < 1.29 is 20.1 Å². The van der Waals surface area contributed by atoms with Crippen molar-refractivity contribution in [3.63, 3.8) is 0 Å². The Morgan fingerprint density at radius 2 is 1.66 bits per heavy atom. The van der Waals surface area contributed by atoms with Crippen molar-refractivity contribution in [2.45, 2.75) is 104 Å². The maximum atomic E-state index is 11.6. The van der Waals surface area contributed by atoms with Crippen LogP contribution in [0.3, 0.4) is 0 Å². The van der Waals surface area contributed by atoms with E-state index >= 15 is 0 Å². The molecule has 3 N–H and O–H groups in total. The van der Waals surface area contributed by atoms with Crippen molar-refractivity contribution in [3.8, 4) is 0 Å². The van der Waals surface area contributed by atoms with E-state index in [1.165, 1.54) is 25.7 Å². The molecule has 0 spiro atoms. The van der Waals surface area contributed by atoms with Crippen molar-refractivity contribution in [1.29, 1.82) is 0 Å². The van der Waals surface area contributed by atoms with Crippen LogP contribution in [0.2, 0.25) is 0 Å². The molecule has 0 aromatic carbocycles. The van der Waals surface area contributed by atoms with Gasteiger partial charge in [-0.3, -0.25) is 4.79 Å². The summed E-state index contributed by atoms with van der Waals surface area (Å²) in [6, 6.07) is 0. The largest absolute Gasteiger partial charge is 0.481 e. The first-order valence-corrected chi connectivity index (χ1v) is 12.3. The van der Waals surface area contributed by atoms with E-state index in [1.807, 2.05) is 0 Å². The molecule has 4 nitrogen and oxygen atoms in total. The number of hydrogen-bond donors (Lipinski definition) is 3. The fraction of sp³-hybridized carbons (Fsp3) is 0.960. The van der Waals surface area contributed by atoms with Crippen LogP contribution < -0.4 is 0 Å². The molecule has 4 fully saturated rings. The molecule has 29 heavy (non-hydrogen) atoms. The molecule has 4 saturated carbocycles. The molecule has 4 aliphatic carbocycles. The van der Waals surface area contributed by atoms with Crippen LogP contribution in [0.1, 0.15) is 91.4 Å². The Bertz CT molecular complexity index is 620. The van der Waals surface area contributed by atoms with E-state index in [0.717, 1.165) is 38.5 Å². The highest BCUT2D eigenvalue weighted by molar-refractivity contribution is 5.66. The standard InChI is InChI=1S/C25H42O4/c1-4-17-20-14-16(26)10-12-25(20,3)19-11-13-24(2)15(6-5-7-21(27)28)8-9-18(24)22(19)23(17)29/h15-20,22-23,26,29H,4-14H2,1-3H3,(H,27,28)/t15-,16+,17+,18?,19?,20-,22?,23+,24+,25+/m0/s1. The van der Waals surface area contributed by atoms with Crippen LogP contribution in [0.25, 0.3) is 0 Å². The summed E-state index contributed by atoms with van der Waals surface area (Å²) in [5.74, 6) is 2.23. The summed E-state index contributed by atoms with van der Waals surface area (Å²) in [5.41, 5.74) is 0.517. The van der Waals surface area contributed by atoms with Gasteiger partial charge in [0.05, 0.1) is 12.2 Å². The lowest BCUT2D eigenvalue weighted by Gasteiger charge is -2.64. The minimum Gasteiger partial charge on any atom is -0.481 e. The van der Waals surface area contributed by atoms with Gasteiger partial charge in [0, 0.05) is 6.42 Å². The summed E-state index contributed by atoms with van der Waals surface area (Å²) in [6.07, 6.45) is 10.4. The number of fused-ring (bicyclic) bond motifs is 5. The molecule has 3 unspecified atom stereocenters. The van der Waals surface area contributed by atoms with Crippen LogP contribution in [-0.4, -0.2) is 33.5 Å². The average Bonchev–Trinajstić information content (AvgIpc) is 3.00. The van der Waals surface area contributed by atoms with Gasteiger partial charge < -0.3 is 15.3 Å². The Balaban J connectivity index is 1.59.